The Bertz CT molecular complexity index is 1040. The van der Waals surface area contributed by atoms with Crippen LogP contribution in [0.5, 0.6) is 0 Å². The van der Waals surface area contributed by atoms with Crippen LogP contribution in [0.25, 0.3) is 0 Å². The number of hydrogen-bond donors (Lipinski definition) is 2. The van der Waals surface area contributed by atoms with Gasteiger partial charge in [0.1, 0.15) is 5.69 Å². The van der Waals surface area contributed by atoms with Crippen molar-refractivity contribution in [3.05, 3.63) is 40.4 Å². The van der Waals surface area contributed by atoms with E-state index in [9.17, 15) is 9.59 Å². The second-order valence-electron chi connectivity index (χ2n) is 9.03. The monoisotopic (exact) mass is 501 g/mol. The van der Waals surface area contributed by atoms with Crippen molar-refractivity contribution < 1.29 is 23.8 Å². The van der Waals surface area contributed by atoms with Gasteiger partial charge in [0.15, 0.2) is 5.13 Å². The molecule has 0 aliphatic carbocycles. The molecular weight excluding hydrogens is 470 g/mol. The van der Waals surface area contributed by atoms with E-state index in [0.717, 1.165) is 49.8 Å². The largest absolute Gasteiger partial charge is 0.379 e. The fourth-order valence-electron chi connectivity index (χ4n) is 4.36. The fourth-order valence-corrected chi connectivity index (χ4v) is 5.19. The number of methoxy groups -OCH3 is 1. The summed E-state index contributed by atoms with van der Waals surface area (Å²) in [5.41, 5.74) is 2.25. The Morgan fingerprint density at radius 2 is 2.00 bits per heavy atom. The molecular formula is C24H31N5O5S. The molecule has 11 heteroatoms. The number of thiazole rings is 1. The van der Waals surface area contributed by atoms with Crippen molar-refractivity contribution in [1.82, 2.24) is 15.2 Å². The lowest BCUT2D eigenvalue weighted by atomic mass is 10.1. The van der Waals surface area contributed by atoms with Crippen LogP contribution in [-0.4, -0.2) is 93.6 Å². The number of nitrogens with zero attached hydrogens (tertiary/aromatic N) is 3. The normalized spacial score (nSPS) is 21.1. The maximum absolute atomic E-state index is 13.2. The molecule has 2 aromatic rings. The van der Waals surface area contributed by atoms with E-state index in [2.05, 4.69) is 25.4 Å². The Kier molecular flexibility index (Phi) is 7.59. The number of carbonyl (C=O) groups is 2. The lowest BCUT2D eigenvalue weighted by Gasteiger charge is -2.37. The van der Waals surface area contributed by atoms with E-state index in [-0.39, 0.29) is 24.0 Å². The highest BCUT2D eigenvalue weighted by molar-refractivity contribution is 7.14. The Morgan fingerprint density at radius 1 is 1.17 bits per heavy atom. The number of ether oxygens (including phenoxy) is 3. The molecule has 5 rings (SSSR count). The fraction of sp³-hybridized carbons (Fsp3) is 0.542. The smallest absolute Gasteiger partial charge is 0.275 e. The summed E-state index contributed by atoms with van der Waals surface area (Å²) < 4.78 is 16.1. The van der Waals surface area contributed by atoms with Gasteiger partial charge >= 0.3 is 0 Å². The van der Waals surface area contributed by atoms with Crippen LogP contribution in [0.3, 0.4) is 0 Å². The average Bonchev–Trinajstić information content (AvgIpc) is 3.53. The highest BCUT2D eigenvalue weighted by Gasteiger charge is 2.29. The van der Waals surface area contributed by atoms with E-state index in [0.29, 0.717) is 43.4 Å². The van der Waals surface area contributed by atoms with Crippen LogP contribution in [-0.2, 0) is 20.8 Å². The predicted octanol–water partition coefficient (Wildman–Crippen LogP) is 1.58. The first-order valence-electron chi connectivity index (χ1n) is 12.0. The quantitative estimate of drug-likeness (QED) is 0.562. The first kappa shape index (κ1) is 24.1. The lowest BCUT2D eigenvalue weighted by Crippen LogP contribution is -2.51. The van der Waals surface area contributed by atoms with E-state index in [1.54, 1.807) is 18.6 Å². The third-order valence-electron chi connectivity index (χ3n) is 6.53. The van der Waals surface area contributed by atoms with Crippen LogP contribution < -0.4 is 15.5 Å². The molecule has 3 aliphatic heterocycles. The minimum atomic E-state index is -0.338. The summed E-state index contributed by atoms with van der Waals surface area (Å²) in [5.74, 6) is -0.555. The van der Waals surface area contributed by atoms with Gasteiger partial charge in [-0.1, -0.05) is 6.07 Å². The number of nitrogens with one attached hydrogen (secondary N) is 2. The summed E-state index contributed by atoms with van der Waals surface area (Å²) >= 11 is 1.43. The van der Waals surface area contributed by atoms with Crippen molar-refractivity contribution in [3.63, 3.8) is 0 Å². The third-order valence-corrected chi connectivity index (χ3v) is 7.43. The summed E-state index contributed by atoms with van der Waals surface area (Å²) in [7, 11) is 1.70. The molecule has 188 valence electrons. The molecule has 0 saturated carbocycles. The Morgan fingerprint density at radius 3 is 2.74 bits per heavy atom. The van der Waals surface area contributed by atoms with Gasteiger partial charge in [-0.3, -0.25) is 14.5 Å². The standard InChI is InChI=1S/C24H31N5O5S/c1-32-18-12-29(13-18)24-27-21(15-35-24)23(31)26-20-3-2-16(11-28-5-8-33-9-6-28)10-19(20)22(30)25-17-4-7-34-14-17/h2-3,10,15,17-18H,4-9,11-14H2,1H3,(H,25,30)(H,26,31)/t17-/m0/s1. The predicted molar refractivity (Wildman–Crippen MR) is 132 cm³/mol. The summed E-state index contributed by atoms with van der Waals surface area (Å²) in [6.45, 7) is 6.53. The number of amides is 2. The van der Waals surface area contributed by atoms with Gasteiger partial charge in [-0.05, 0) is 24.1 Å². The maximum atomic E-state index is 13.2. The van der Waals surface area contributed by atoms with Crippen LogP contribution >= 0.6 is 11.3 Å². The van der Waals surface area contributed by atoms with Crippen molar-refractivity contribution in [2.45, 2.75) is 25.1 Å². The molecule has 0 spiro atoms. The molecule has 2 N–H and O–H groups in total. The maximum Gasteiger partial charge on any atom is 0.275 e. The molecule has 0 unspecified atom stereocenters. The first-order chi connectivity index (χ1) is 17.1. The van der Waals surface area contributed by atoms with E-state index >= 15 is 0 Å². The molecule has 10 nitrogen and oxygen atoms in total. The van der Waals surface area contributed by atoms with Crippen LogP contribution in [0.2, 0.25) is 0 Å². The van der Waals surface area contributed by atoms with Crippen molar-refractivity contribution in [2.75, 3.05) is 69.9 Å². The highest BCUT2D eigenvalue weighted by atomic mass is 32.1. The van der Waals surface area contributed by atoms with Crippen molar-refractivity contribution in [3.8, 4) is 0 Å². The van der Waals surface area contributed by atoms with Gasteiger partial charge in [0.05, 0.1) is 43.2 Å². The van der Waals surface area contributed by atoms with E-state index in [4.69, 9.17) is 14.2 Å². The van der Waals surface area contributed by atoms with Crippen molar-refractivity contribution in [1.29, 1.82) is 0 Å². The number of hydrogen-bond acceptors (Lipinski definition) is 9. The van der Waals surface area contributed by atoms with E-state index in [1.165, 1.54) is 11.3 Å². The number of aromatic nitrogens is 1. The van der Waals surface area contributed by atoms with Crippen LogP contribution in [0.4, 0.5) is 10.8 Å². The highest BCUT2D eigenvalue weighted by Crippen LogP contribution is 2.27. The van der Waals surface area contributed by atoms with Gasteiger partial charge in [0.25, 0.3) is 11.8 Å². The Hall–Kier alpha value is -2.57. The minimum Gasteiger partial charge on any atom is -0.379 e. The second kappa shape index (κ2) is 11.0. The van der Waals surface area contributed by atoms with E-state index < -0.39 is 0 Å². The molecule has 35 heavy (non-hydrogen) atoms. The molecule has 3 saturated heterocycles. The SMILES string of the molecule is COC1CN(c2nc(C(=O)Nc3ccc(CN4CCOCC4)cc3C(=O)N[C@H]3CCOC3)cs2)C1. The number of carbonyl (C=O) groups excluding carboxylic acids is 2. The van der Waals surface area contributed by atoms with Crippen molar-refractivity contribution >= 4 is 34.0 Å². The van der Waals surface area contributed by atoms with Crippen LogP contribution in [0.15, 0.2) is 23.6 Å². The molecule has 0 bridgehead atoms. The average molecular weight is 502 g/mol. The summed E-state index contributed by atoms with van der Waals surface area (Å²) in [6.07, 6.45) is 0.988. The Balaban J connectivity index is 1.31. The molecule has 1 aromatic heterocycles. The molecule has 3 aliphatic rings. The van der Waals surface area contributed by atoms with Gasteiger partial charge < -0.3 is 29.7 Å². The number of morpholine rings is 1. The van der Waals surface area contributed by atoms with Gasteiger partial charge in [-0.25, -0.2) is 4.98 Å². The van der Waals surface area contributed by atoms with Gasteiger partial charge in [0.2, 0.25) is 0 Å². The van der Waals surface area contributed by atoms with Crippen LogP contribution in [0.1, 0.15) is 32.8 Å². The van der Waals surface area contributed by atoms with Crippen LogP contribution in [0, 0.1) is 0 Å². The minimum absolute atomic E-state index is 0.0255. The molecule has 4 heterocycles. The summed E-state index contributed by atoms with van der Waals surface area (Å²) in [4.78, 5) is 35.1. The number of rotatable bonds is 8. The third kappa shape index (κ3) is 5.81. The molecule has 3 fully saturated rings. The number of anilines is 2. The molecule has 1 atom stereocenters. The zero-order valence-electron chi connectivity index (χ0n) is 19.8. The number of benzene rings is 1. The molecule has 1 aromatic carbocycles. The first-order valence-corrected chi connectivity index (χ1v) is 12.8. The lowest BCUT2D eigenvalue weighted by molar-refractivity contribution is 0.0342. The molecule has 2 amide bonds. The van der Waals surface area contributed by atoms with Crippen molar-refractivity contribution in [2.24, 2.45) is 0 Å². The Labute approximate surface area is 208 Å². The van der Waals surface area contributed by atoms with E-state index in [1.807, 2.05) is 12.1 Å². The second-order valence-corrected chi connectivity index (χ2v) is 9.87. The van der Waals surface area contributed by atoms with Gasteiger partial charge in [-0.2, -0.15) is 0 Å². The topological polar surface area (TPSA) is 105 Å². The van der Waals surface area contributed by atoms with Gasteiger partial charge in [0, 0.05) is 51.8 Å². The van der Waals surface area contributed by atoms with Gasteiger partial charge in [-0.15, -0.1) is 11.3 Å². The summed E-state index contributed by atoms with van der Waals surface area (Å²) in [5, 5.41) is 8.49. The zero-order valence-corrected chi connectivity index (χ0v) is 20.6. The zero-order chi connectivity index (χ0) is 24.2. The summed E-state index contributed by atoms with van der Waals surface area (Å²) in [6, 6.07) is 5.60. The molecule has 0 radical (unpaired) electrons.